The molecule has 1 aliphatic rings. The lowest BCUT2D eigenvalue weighted by Crippen LogP contribution is -2.30. The average molecular weight is 330 g/mol. The zero-order valence-electron chi connectivity index (χ0n) is 13.7. The van der Waals surface area contributed by atoms with E-state index in [0.29, 0.717) is 18.8 Å². The number of nitrogens with zero attached hydrogens (tertiary/aromatic N) is 2. The first-order valence-corrected chi connectivity index (χ1v) is 7.85. The Morgan fingerprint density at radius 2 is 2.17 bits per heavy atom. The molecule has 0 N–H and O–H groups in total. The number of ether oxygens (including phenoxy) is 2. The van der Waals surface area contributed by atoms with E-state index in [1.165, 1.54) is 13.2 Å². The number of fused-ring (bicyclic) bond motifs is 1. The van der Waals surface area contributed by atoms with Crippen molar-refractivity contribution < 1.29 is 18.7 Å². The van der Waals surface area contributed by atoms with Crippen molar-refractivity contribution in [3.05, 3.63) is 53.1 Å². The quantitative estimate of drug-likeness (QED) is 0.807. The van der Waals surface area contributed by atoms with E-state index in [1.807, 2.05) is 0 Å². The van der Waals surface area contributed by atoms with Crippen LogP contribution in [-0.4, -0.2) is 31.2 Å². The number of hydrogen-bond acceptors (Lipinski definition) is 5. The third-order valence-electron chi connectivity index (χ3n) is 4.08. The Morgan fingerprint density at radius 3 is 2.92 bits per heavy atom. The second kappa shape index (κ2) is 6.86. The van der Waals surface area contributed by atoms with Crippen LogP contribution in [0, 0.1) is 5.82 Å². The SMILES string of the molecule is CCOC(=O)c1cc2c(cn1)CN(c1ccc(F)c(OC)c1)CC2. The summed E-state index contributed by atoms with van der Waals surface area (Å²) in [5, 5.41) is 0. The molecule has 0 saturated heterocycles. The predicted octanol–water partition coefficient (Wildman–Crippen LogP) is 2.97. The summed E-state index contributed by atoms with van der Waals surface area (Å²) in [4.78, 5) is 18.1. The molecule has 2 aromatic rings. The van der Waals surface area contributed by atoms with E-state index >= 15 is 0 Å². The molecular formula is C18H19FN2O3. The summed E-state index contributed by atoms with van der Waals surface area (Å²) in [6.07, 6.45) is 2.50. The number of carbonyl (C=O) groups is 1. The molecule has 3 rings (SSSR count). The molecule has 0 aliphatic carbocycles. The van der Waals surface area contributed by atoms with E-state index in [4.69, 9.17) is 9.47 Å². The van der Waals surface area contributed by atoms with Crippen LogP contribution in [0.15, 0.2) is 30.5 Å². The van der Waals surface area contributed by atoms with E-state index < -0.39 is 5.97 Å². The van der Waals surface area contributed by atoms with Crippen molar-refractivity contribution in [2.75, 3.05) is 25.2 Å². The molecule has 126 valence electrons. The lowest BCUT2D eigenvalue weighted by atomic mass is 10.0. The van der Waals surface area contributed by atoms with E-state index in [2.05, 4.69) is 9.88 Å². The number of benzene rings is 1. The summed E-state index contributed by atoms with van der Waals surface area (Å²) in [7, 11) is 1.45. The molecule has 0 radical (unpaired) electrons. The van der Waals surface area contributed by atoms with Gasteiger partial charge in [0.25, 0.3) is 0 Å². The molecule has 24 heavy (non-hydrogen) atoms. The average Bonchev–Trinajstić information content (AvgIpc) is 2.61. The Balaban J connectivity index is 1.81. The highest BCUT2D eigenvalue weighted by molar-refractivity contribution is 5.87. The molecular weight excluding hydrogens is 311 g/mol. The Bertz CT molecular complexity index is 764. The lowest BCUT2D eigenvalue weighted by Gasteiger charge is -2.30. The van der Waals surface area contributed by atoms with Crippen LogP contribution in [0.5, 0.6) is 5.75 Å². The normalized spacial score (nSPS) is 13.4. The van der Waals surface area contributed by atoms with Gasteiger partial charge in [0.2, 0.25) is 0 Å². The molecule has 0 unspecified atom stereocenters. The summed E-state index contributed by atoms with van der Waals surface area (Å²) in [5.41, 5.74) is 3.39. The number of hydrogen-bond donors (Lipinski definition) is 0. The van der Waals surface area contributed by atoms with Crippen molar-refractivity contribution >= 4 is 11.7 Å². The van der Waals surface area contributed by atoms with Crippen molar-refractivity contribution in [1.29, 1.82) is 0 Å². The molecule has 0 bridgehead atoms. The van der Waals surface area contributed by atoms with Gasteiger partial charge < -0.3 is 14.4 Å². The highest BCUT2D eigenvalue weighted by Gasteiger charge is 2.20. The van der Waals surface area contributed by atoms with Gasteiger partial charge in [-0.1, -0.05) is 0 Å². The summed E-state index contributed by atoms with van der Waals surface area (Å²) in [6, 6.07) is 6.64. The third-order valence-corrected chi connectivity index (χ3v) is 4.08. The van der Waals surface area contributed by atoms with Crippen LogP contribution < -0.4 is 9.64 Å². The Morgan fingerprint density at radius 1 is 1.33 bits per heavy atom. The molecule has 1 aromatic carbocycles. The fourth-order valence-electron chi connectivity index (χ4n) is 2.82. The summed E-state index contributed by atoms with van der Waals surface area (Å²) >= 11 is 0. The first kappa shape index (κ1) is 16.2. The molecule has 0 spiro atoms. The number of pyridine rings is 1. The number of rotatable bonds is 4. The maximum absolute atomic E-state index is 13.6. The number of carbonyl (C=O) groups excluding carboxylic acids is 1. The molecule has 0 amide bonds. The molecule has 0 saturated carbocycles. The van der Waals surface area contributed by atoms with E-state index in [0.717, 1.165) is 29.8 Å². The zero-order chi connectivity index (χ0) is 17.1. The molecule has 5 nitrogen and oxygen atoms in total. The lowest BCUT2D eigenvalue weighted by molar-refractivity contribution is 0.0519. The van der Waals surface area contributed by atoms with Gasteiger partial charge in [-0.2, -0.15) is 0 Å². The third kappa shape index (κ3) is 3.18. The largest absolute Gasteiger partial charge is 0.494 e. The van der Waals surface area contributed by atoms with Gasteiger partial charge >= 0.3 is 5.97 Å². The fourth-order valence-corrected chi connectivity index (χ4v) is 2.82. The van der Waals surface area contributed by atoms with E-state index in [-0.39, 0.29) is 11.6 Å². The van der Waals surface area contributed by atoms with Crippen LogP contribution >= 0.6 is 0 Å². The van der Waals surface area contributed by atoms with Crippen molar-refractivity contribution in [2.45, 2.75) is 19.9 Å². The minimum Gasteiger partial charge on any atom is -0.494 e. The van der Waals surface area contributed by atoms with Crippen LogP contribution in [0.25, 0.3) is 0 Å². The van der Waals surface area contributed by atoms with Crippen LogP contribution in [0.2, 0.25) is 0 Å². The van der Waals surface area contributed by atoms with Crippen molar-refractivity contribution in [2.24, 2.45) is 0 Å². The topological polar surface area (TPSA) is 51.7 Å². The Hall–Kier alpha value is -2.63. The standard InChI is InChI=1S/C18H19FN2O3/c1-3-24-18(22)16-8-12-6-7-21(11-13(12)10-20-16)14-4-5-15(19)17(9-14)23-2/h4-5,8-10H,3,6-7,11H2,1-2H3. The van der Waals surface area contributed by atoms with Gasteiger partial charge in [0.05, 0.1) is 13.7 Å². The minimum atomic E-state index is -0.397. The first-order chi connectivity index (χ1) is 11.6. The van der Waals surface area contributed by atoms with Gasteiger partial charge in [0, 0.05) is 31.0 Å². The van der Waals surface area contributed by atoms with Crippen LogP contribution in [0.1, 0.15) is 28.5 Å². The number of esters is 1. The molecule has 6 heteroatoms. The summed E-state index contributed by atoms with van der Waals surface area (Å²) < 4.78 is 23.6. The van der Waals surface area contributed by atoms with Gasteiger partial charge in [-0.3, -0.25) is 0 Å². The fraction of sp³-hybridized carbons (Fsp3) is 0.333. The maximum atomic E-state index is 13.6. The molecule has 1 aromatic heterocycles. The maximum Gasteiger partial charge on any atom is 0.356 e. The molecule has 2 heterocycles. The van der Waals surface area contributed by atoms with Gasteiger partial charge in [-0.15, -0.1) is 0 Å². The molecule has 1 aliphatic heterocycles. The van der Waals surface area contributed by atoms with Gasteiger partial charge in [0.1, 0.15) is 5.69 Å². The predicted molar refractivity (Wildman–Crippen MR) is 87.9 cm³/mol. The van der Waals surface area contributed by atoms with Gasteiger partial charge in [-0.25, -0.2) is 14.2 Å². The number of methoxy groups -OCH3 is 1. The molecule has 0 atom stereocenters. The number of anilines is 1. The van der Waals surface area contributed by atoms with E-state index in [9.17, 15) is 9.18 Å². The number of aromatic nitrogens is 1. The van der Waals surface area contributed by atoms with E-state index in [1.54, 1.807) is 31.3 Å². The monoisotopic (exact) mass is 330 g/mol. The smallest absolute Gasteiger partial charge is 0.356 e. The highest BCUT2D eigenvalue weighted by atomic mass is 19.1. The minimum absolute atomic E-state index is 0.231. The highest BCUT2D eigenvalue weighted by Crippen LogP contribution is 2.28. The second-order valence-corrected chi connectivity index (χ2v) is 5.55. The Kier molecular flexibility index (Phi) is 4.64. The summed E-state index contributed by atoms with van der Waals surface area (Å²) in [5.74, 6) is -0.542. The van der Waals surface area contributed by atoms with Crippen LogP contribution in [0.3, 0.4) is 0 Å². The summed E-state index contributed by atoms with van der Waals surface area (Å²) in [6.45, 7) is 3.53. The van der Waals surface area contributed by atoms with Crippen molar-refractivity contribution in [3.8, 4) is 5.75 Å². The zero-order valence-corrected chi connectivity index (χ0v) is 13.7. The van der Waals surface area contributed by atoms with Crippen molar-refractivity contribution in [3.63, 3.8) is 0 Å². The van der Waals surface area contributed by atoms with Crippen molar-refractivity contribution in [1.82, 2.24) is 4.98 Å². The number of halogens is 1. The van der Waals surface area contributed by atoms with Gasteiger partial charge in [0.15, 0.2) is 11.6 Å². The Labute approximate surface area is 140 Å². The molecule has 0 fully saturated rings. The second-order valence-electron chi connectivity index (χ2n) is 5.55. The first-order valence-electron chi connectivity index (χ1n) is 7.85. The van der Waals surface area contributed by atoms with Gasteiger partial charge in [-0.05, 0) is 42.7 Å². The van der Waals surface area contributed by atoms with Crippen LogP contribution in [0.4, 0.5) is 10.1 Å². The van der Waals surface area contributed by atoms with Crippen LogP contribution in [-0.2, 0) is 17.7 Å².